The van der Waals surface area contributed by atoms with E-state index in [0.29, 0.717) is 18.1 Å². The first kappa shape index (κ1) is 22.1. The summed E-state index contributed by atoms with van der Waals surface area (Å²) in [6.45, 7) is 3.12. The molecule has 10 heteroatoms. The fourth-order valence-corrected chi connectivity index (χ4v) is 4.09. The SMILES string of the molecule is Cc1nnc([C@H]2CCCN2C(=Nc2ccc(Cl)cc2F)NC#N)n1Cc1ccc(Cl)cc1. The van der Waals surface area contributed by atoms with Gasteiger partial charge in [-0.3, -0.25) is 5.32 Å². The van der Waals surface area contributed by atoms with Crippen molar-refractivity contribution in [3.05, 3.63) is 75.5 Å². The number of nitriles is 1. The van der Waals surface area contributed by atoms with Crippen LogP contribution in [0, 0.1) is 24.2 Å². The molecule has 3 aromatic rings. The number of hydrogen-bond acceptors (Lipinski definition) is 4. The van der Waals surface area contributed by atoms with Gasteiger partial charge in [-0.05, 0) is 55.7 Å². The zero-order chi connectivity index (χ0) is 22.7. The third kappa shape index (κ3) is 4.69. The van der Waals surface area contributed by atoms with Gasteiger partial charge < -0.3 is 9.47 Å². The minimum absolute atomic E-state index is 0.0941. The Bertz CT molecular complexity index is 1180. The molecule has 1 aliphatic rings. The first-order valence-electron chi connectivity index (χ1n) is 10.1. The van der Waals surface area contributed by atoms with Gasteiger partial charge in [-0.2, -0.15) is 5.26 Å². The highest BCUT2D eigenvalue weighted by atomic mass is 35.5. The second-order valence-electron chi connectivity index (χ2n) is 7.44. The molecule has 1 aromatic heterocycles. The quantitative estimate of drug-likeness (QED) is 0.251. The van der Waals surface area contributed by atoms with Gasteiger partial charge in [-0.25, -0.2) is 9.38 Å². The summed E-state index contributed by atoms with van der Waals surface area (Å²) in [6, 6.07) is 11.7. The van der Waals surface area contributed by atoms with Crippen LogP contribution in [0.3, 0.4) is 0 Å². The number of aliphatic imine (C=N–C) groups is 1. The second-order valence-corrected chi connectivity index (χ2v) is 8.31. The zero-order valence-corrected chi connectivity index (χ0v) is 18.8. The number of rotatable bonds is 4. The van der Waals surface area contributed by atoms with Crippen molar-refractivity contribution in [1.29, 1.82) is 5.26 Å². The van der Waals surface area contributed by atoms with Crippen LogP contribution >= 0.6 is 23.2 Å². The number of nitrogens with zero attached hydrogens (tertiary/aromatic N) is 6. The molecule has 7 nitrogen and oxygen atoms in total. The Hall–Kier alpha value is -3.15. The minimum Gasteiger partial charge on any atom is -0.332 e. The Morgan fingerprint density at radius 3 is 2.69 bits per heavy atom. The van der Waals surface area contributed by atoms with Gasteiger partial charge in [0.15, 0.2) is 12.0 Å². The third-order valence-electron chi connectivity index (χ3n) is 5.34. The van der Waals surface area contributed by atoms with Crippen molar-refractivity contribution in [2.75, 3.05) is 6.54 Å². The van der Waals surface area contributed by atoms with Crippen molar-refractivity contribution >= 4 is 34.8 Å². The van der Waals surface area contributed by atoms with E-state index in [9.17, 15) is 9.65 Å². The zero-order valence-electron chi connectivity index (χ0n) is 17.3. The highest BCUT2D eigenvalue weighted by Gasteiger charge is 2.33. The Labute approximate surface area is 195 Å². The average Bonchev–Trinajstić information content (AvgIpc) is 3.38. The first-order chi connectivity index (χ1) is 15.5. The molecule has 0 spiro atoms. The molecule has 1 N–H and O–H groups in total. The van der Waals surface area contributed by atoms with Crippen LogP contribution in [0.15, 0.2) is 47.5 Å². The lowest BCUT2D eigenvalue weighted by molar-refractivity contribution is 0.364. The highest BCUT2D eigenvalue weighted by Crippen LogP contribution is 2.33. The van der Waals surface area contributed by atoms with E-state index in [0.717, 1.165) is 30.1 Å². The maximum atomic E-state index is 14.3. The van der Waals surface area contributed by atoms with Gasteiger partial charge in [0.25, 0.3) is 0 Å². The first-order valence-corrected chi connectivity index (χ1v) is 10.8. The summed E-state index contributed by atoms with van der Waals surface area (Å²) < 4.78 is 16.4. The smallest absolute Gasteiger partial charge is 0.213 e. The molecule has 0 radical (unpaired) electrons. The van der Waals surface area contributed by atoms with Gasteiger partial charge in [0.2, 0.25) is 5.96 Å². The molecule has 0 bridgehead atoms. The van der Waals surface area contributed by atoms with Crippen LogP contribution in [0.25, 0.3) is 0 Å². The number of aryl methyl sites for hydroxylation is 1. The van der Waals surface area contributed by atoms with E-state index in [1.165, 1.54) is 12.1 Å². The Kier molecular flexibility index (Phi) is 6.58. The minimum atomic E-state index is -0.563. The van der Waals surface area contributed by atoms with Crippen molar-refractivity contribution in [1.82, 2.24) is 25.0 Å². The fraction of sp³-hybridized carbons (Fsp3) is 0.273. The molecule has 2 heterocycles. The van der Waals surface area contributed by atoms with Crippen molar-refractivity contribution < 1.29 is 4.39 Å². The lowest BCUT2D eigenvalue weighted by Crippen LogP contribution is -2.39. The molecule has 1 atom stereocenters. The number of nitrogens with one attached hydrogen (secondary N) is 1. The molecule has 0 saturated carbocycles. The van der Waals surface area contributed by atoms with Gasteiger partial charge >= 0.3 is 0 Å². The van der Waals surface area contributed by atoms with Crippen LogP contribution in [-0.2, 0) is 6.54 Å². The third-order valence-corrected chi connectivity index (χ3v) is 5.83. The normalized spacial score (nSPS) is 16.3. The Morgan fingerprint density at radius 2 is 1.97 bits per heavy atom. The van der Waals surface area contributed by atoms with Crippen molar-refractivity contribution in [2.45, 2.75) is 32.4 Å². The van der Waals surface area contributed by atoms with E-state index >= 15 is 0 Å². The molecule has 1 saturated heterocycles. The number of guanidine groups is 1. The van der Waals surface area contributed by atoms with E-state index in [-0.39, 0.29) is 22.7 Å². The topological polar surface area (TPSA) is 82.1 Å². The number of benzene rings is 2. The molecular formula is C22H20Cl2FN7. The molecule has 1 aliphatic heterocycles. The summed E-state index contributed by atoms with van der Waals surface area (Å²) in [7, 11) is 0. The lowest BCUT2D eigenvalue weighted by atomic mass is 10.2. The van der Waals surface area contributed by atoms with Crippen LogP contribution in [0.4, 0.5) is 10.1 Å². The van der Waals surface area contributed by atoms with Crippen LogP contribution in [0.1, 0.15) is 36.1 Å². The maximum absolute atomic E-state index is 14.3. The van der Waals surface area contributed by atoms with Crippen molar-refractivity contribution in [3.63, 3.8) is 0 Å². The van der Waals surface area contributed by atoms with Crippen LogP contribution in [0.5, 0.6) is 0 Å². The maximum Gasteiger partial charge on any atom is 0.213 e. The highest BCUT2D eigenvalue weighted by molar-refractivity contribution is 6.30. The lowest BCUT2D eigenvalue weighted by Gasteiger charge is -2.26. The van der Waals surface area contributed by atoms with E-state index in [2.05, 4.69) is 20.5 Å². The fourth-order valence-electron chi connectivity index (χ4n) is 3.80. The van der Waals surface area contributed by atoms with E-state index < -0.39 is 5.82 Å². The molecule has 0 unspecified atom stereocenters. The van der Waals surface area contributed by atoms with E-state index in [1.807, 2.05) is 46.8 Å². The standard InChI is InChI=1S/C22H20Cl2FN7/c1-14-29-30-21(32(14)12-15-4-6-16(23)7-5-15)20-3-2-10-31(20)22(27-13-26)28-19-9-8-17(24)11-18(19)25/h4-9,11,20H,2-3,10,12H2,1H3,(H,27,28)/t20-/m1/s1. The molecule has 164 valence electrons. The van der Waals surface area contributed by atoms with Crippen LogP contribution < -0.4 is 5.32 Å². The summed E-state index contributed by atoms with van der Waals surface area (Å²) in [4.78, 5) is 6.31. The largest absolute Gasteiger partial charge is 0.332 e. The molecule has 0 aliphatic carbocycles. The molecule has 0 amide bonds. The monoisotopic (exact) mass is 471 g/mol. The van der Waals surface area contributed by atoms with Gasteiger partial charge in [-0.1, -0.05) is 35.3 Å². The summed E-state index contributed by atoms with van der Waals surface area (Å²) in [5.41, 5.74) is 1.16. The van der Waals surface area contributed by atoms with Crippen LogP contribution in [0.2, 0.25) is 10.0 Å². The van der Waals surface area contributed by atoms with Gasteiger partial charge in [0.1, 0.15) is 17.3 Å². The van der Waals surface area contributed by atoms with Crippen molar-refractivity contribution in [3.8, 4) is 6.19 Å². The predicted octanol–water partition coefficient (Wildman–Crippen LogP) is 4.98. The summed E-state index contributed by atoms with van der Waals surface area (Å²) >= 11 is 11.9. The molecule has 2 aromatic carbocycles. The molecule has 1 fully saturated rings. The number of aromatic nitrogens is 3. The number of hydrogen-bond donors (Lipinski definition) is 1. The average molecular weight is 472 g/mol. The molecule has 32 heavy (non-hydrogen) atoms. The number of likely N-dealkylation sites (tertiary alicyclic amines) is 1. The van der Waals surface area contributed by atoms with Gasteiger partial charge in [0, 0.05) is 16.6 Å². The van der Waals surface area contributed by atoms with Gasteiger partial charge in [-0.15, -0.1) is 10.2 Å². The van der Waals surface area contributed by atoms with E-state index in [4.69, 9.17) is 23.2 Å². The molecule has 4 rings (SSSR count). The van der Waals surface area contributed by atoms with Gasteiger partial charge in [0.05, 0.1) is 12.6 Å². The Balaban J connectivity index is 1.67. The summed E-state index contributed by atoms with van der Waals surface area (Å²) in [5, 5.41) is 21.6. The summed E-state index contributed by atoms with van der Waals surface area (Å²) in [6.07, 6.45) is 3.57. The second kappa shape index (κ2) is 9.55. The molecular weight excluding hydrogens is 452 g/mol. The number of halogens is 3. The van der Waals surface area contributed by atoms with Crippen LogP contribution in [-0.4, -0.2) is 32.2 Å². The van der Waals surface area contributed by atoms with Crippen molar-refractivity contribution in [2.24, 2.45) is 4.99 Å². The summed E-state index contributed by atoms with van der Waals surface area (Å²) in [5.74, 6) is 1.23. The van der Waals surface area contributed by atoms with E-state index in [1.54, 1.807) is 6.07 Å². The Morgan fingerprint density at radius 1 is 1.22 bits per heavy atom. The predicted molar refractivity (Wildman–Crippen MR) is 121 cm³/mol.